The highest BCUT2D eigenvalue weighted by Crippen LogP contribution is 2.21. The summed E-state index contributed by atoms with van der Waals surface area (Å²) in [5, 5.41) is 2.83. The number of ether oxygens (including phenoxy) is 1. The van der Waals surface area contributed by atoms with Gasteiger partial charge in [0.05, 0.1) is 5.69 Å². The highest BCUT2D eigenvalue weighted by molar-refractivity contribution is 9.10. The zero-order chi connectivity index (χ0) is 11.1. The number of carbonyl (C=O) groups is 1. The molecule has 0 fully saturated rings. The summed E-state index contributed by atoms with van der Waals surface area (Å²) < 4.78 is 5.77. The van der Waals surface area contributed by atoms with Gasteiger partial charge in [0, 0.05) is 24.6 Å². The molecule has 1 aromatic rings. The molecular weight excluding hydrogens is 258 g/mol. The highest BCUT2D eigenvalue weighted by atomic mass is 79.9. The fourth-order valence-corrected chi connectivity index (χ4v) is 1.54. The maximum atomic E-state index is 11.5. The maximum Gasteiger partial charge on any atom is 0.224 e. The van der Waals surface area contributed by atoms with Gasteiger partial charge in [0.15, 0.2) is 0 Å². The summed E-state index contributed by atoms with van der Waals surface area (Å²) in [6, 6.07) is 7.54. The number of nitrogens with one attached hydrogen (secondary N) is 1. The summed E-state index contributed by atoms with van der Waals surface area (Å²) in [6.07, 6.45) is 1.22. The molecule has 0 unspecified atom stereocenters. The minimum atomic E-state index is 0.0129. The molecule has 0 aliphatic heterocycles. The lowest BCUT2D eigenvalue weighted by molar-refractivity contribution is -0.116. The third kappa shape index (κ3) is 4.44. The van der Waals surface area contributed by atoms with Crippen molar-refractivity contribution >= 4 is 27.5 Å². The Morgan fingerprint density at radius 1 is 1.47 bits per heavy atom. The number of benzene rings is 1. The van der Waals surface area contributed by atoms with Gasteiger partial charge >= 0.3 is 0 Å². The van der Waals surface area contributed by atoms with Crippen molar-refractivity contribution in [3.8, 4) is 0 Å². The zero-order valence-corrected chi connectivity index (χ0v) is 10.2. The topological polar surface area (TPSA) is 38.3 Å². The maximum absolute atomic E-state index is 11.5. The van der Waals surface area contributed by atoms with Gasteiger partial charge in [-0.25, -0.2) is 0 Å². The number of para-hydroxylation sites is 1. The van der Waals surface area contributed by atoms with E-state index in [4.69, 9.17) is 4.74 Å². The van der Waals surface area contributed by atoms with Crippen LogP contribution in [0.5, 0.6) is 0 Å². The largest absolute Gasteiger partial charge is 0.385 e. The minimum Gasteiger partial charge on any atom is -0.385 e. The second-order valence-corrected chi connectivity index (χ2v) is 3.98. The van der Waals surface area contributed by atoms with Gasteiger partial charge in [-0.2, -0.15) is 0 Å². The van der Waals surface area contributed by atoms with Crippen molar-refractivity contribution in [1.29, 1.82) is 0 Å². The molecule has 1 N–H and O–H groups in total. The Morgan fingerprint density at radius 3 is 2.87 bits per heavy atom. The van der Waals surface area contributed by atoms with Crippen LogP contribution in [0.4, 0.5) is 5.69 Å². The fraction of sp³-hybridized carbons (Fsp3) is 0.364. The number of halogens is 1. The third-order valence-electron chi connectivity index (χ3n) is 1.90. The molecule has 1 rings (SSSR count). The predicted octanol–water partition coefficient (Wildman–Crippen LogP) is 2.81. The van der Waals surface area contributed by atoms with Crippen LogP contribution in [-0.4, -0.2) is 19.6 Å². The second kappa shape index (κ2) is 6.58. The predicted molar refractivity (Wildman–Crippen MR) is 63.9 cm³/mol. The van der Waals surface area contributed by atoms with Crippen LogP contribution >= 0.6 is 15.9 Å². The highest BCUT2D eigenvalue weighted by Gasteiger charge is 2.03. The Balaban J connectivity index is 2.41. The van der Waals surface area contributed by atoms with Gasteiger partial charge in [0.1, 0.15) is 0 Å². The first kappa shape index (κ1) is 12.2. The van der Waals surface area contributed by atoms with Crippen LogP contribution in [-0.2, 0) is 9.53 Å². The number of hydrogen-bond donors (Lipinski definition) is 1. The molecule has 0 aromatic heterocycles. The lowest BCUT2D eigenvalue weighted by atomic mass is 10.3. The van der Waals surface area contributed by atoms with E-state index in [1.54, 1.807) is 7.11 Å². The molecule has 0 spiro atoms. The third-order valence-corrected chi connectivity index (χ3v) is 2.59. The second-order valence-electron chi connectivity index (χ2n) is 3.12. The SMILES string of the molecule is COCCCC(=O)Nc1ccccc1Br. The number of amides is 1. The lowest BCUT2D eigenvalue weighted by Crippen LogP contribution is -2.12. The Labute approximate surface area is 97.9 Å². The van der Waals surface area contributed by atoms with Crippen LogP contribution in [0.15, 0.2) is 28.7 Å². The Bertz CT molecular complexity index is 328. The summed E-state index contributed by atoms with van der Waals surface area (Å²) in [5.74, 6) is 0.0129. The molecule has 0 atom stereocenters. The first-order valence-electron chi connectivity index (χ1n) is 4.77. The Morgan fingerprint density at radius 2 is 2.20 bits per heavy atom. The molecular formula is C11H14BrNO2. The van der Waals surface area contributed by atoms with Crippen LogP contribution in [0.25, 0.3) is 0 Å². The normalized spacial score (nSPS) is 10.0. The molecule has 4 heteroatoms. The molecule has 0 heterocycles. The standard InChI is InChI=1S/C11H14BrNO2/c1-15-8-4-7-11(14)13-10-6-3-2-5-9(10)12/h2-3,5-6H,4,7-8H2,1H3,(H,13,14). The molecule has 3 nitrogen and oxygen atoms in total. The Kier molecular flexibility index (Phi) is 5.36. The van der Waals surface area contributed by atoms with E-state index in [1.807, 2.05) is 24.3 Å². The number of carbonyl (C=O) groups excluding carboxylic acids is 1. The molecule has 1 amide bonds. The van der Waals surface area contributed by atoms with Gasteiger partial charge < -0.3 is 10.1 Å². The Hall–Kier alpha value is -0.870. The van der Waals surface area contributed by atoms with Gasteiger partial charge in [-0.3, -0.25) is 4.79 Å². The van der Waals surface area contributed by atoms with Crippen molar-refractivity contribution in [2.24, 2.45) is 0 Å². The first-order valence-corrected chi connectivity index (χ1v) is 5.56. The van der Waals surface area contributed by atoms with Gasteiger partial charge in [-0.05, 0) is 34.5 Å². The molecule has 0 aliphatic carbocycles. The van der Waals surface area contributed by atoms with E-state index in [1.165, 1.54) is 0 Å². The monoisotopic (exact) mass is 271 g/mol. The lowest BCUT2D eigenvalue weighted by Gasteiger charge is -2.06. The van der Waals surface area contributed by atoms with E-state index >= 15 is 0 Å². The van der Waals surface area contributed by atoms with Crippen LogP contribution in [0.2, 0.25) is 0 Å². The van der Waals surface area contributed by atoms with Crippen molar-refractivity contribution in [2.45, 2.75) is 12.8 Å². The van der Waals surface area contributed by atoms with Gasteiger partial charge in [0.2, 0.25) is 5.91 Å². The summed E-state index contributed by atoms with van der Waals surface area (Å²) in [5.41, 5.74) is 0.805. The molecule has 0 bridgehead atoms. The summed E-state index contributed by atoms with van der Waals surface area (Å²) in [7, 11) is 1.63. The average molecular weight is 272 g/mol. The molecule has 15 heavy (non-hydrogen) atoms. The van der Waals surface area contributed by atoms with E-state index in [2.05, 4.69) is 21.2 Å². The van der Waals surface area contributed by atoms with Crippen molar-refractivity contribution in [2.75, 3.05) is 19.0 Å². The number of anilines is 1. The summed E-state index contributed by atoms with van der Waals surface area (Å²) in [6.45, 7) is 0.614. The van der Waals surface area contributed by atoms with E-state index in [0.717, 1.165) is 16.6 Å². The summed E-state index contributed by atoms with van der Waals surface area (Å²) in [4.78, 5) is 11.5. The molecule has 0 radical (unpaired) electrons. The van der Waals surface area contributed by atoms with Crippen LogP contribution in [0.3, 0.4) is 0 Å². The molecule has 0 saturated carbocycles. The summed E-state index contributed by atoms with van der Waals surface area (Å²) >= 11 is 3.37. The van der Waals surface area contributed by atoms with Gasteiger partial charge in [0.25, 0.3) is 0 Å². The van der Waals surface area contributed by atoms with E-state index in [-0.39, 0.29) is 5.91 Å². The molecule has 0 aliphatic rings. The first-order chi connectivity index (χ1) is 7.24. The van der Waals surface area contributed by atoms with Gasteiger partial charge in [-0.1, -0.05) is 12.1 Å². The van der Waals surface area contributed by atoms with Crippen molar-refractivity contribution < 1.29 is 9.53 Å². The van der Waals surface area contributed by atoms with Crippen molar-refractivity contribution in [3.63, 3.8) is 0 Å². The molecule has 0 saturated heterocycles. The quantitative estimate of drug-likeness (QED) is 0.837. The fourth-order valence-electron chi connectivity index (χ4n) is 1.15. The number of rotatable bonds is 5. The van der Waals surface area contributed by atoms with E-state index < -0.39 is 0 Å². The van der Waals surface area contributed by atoms with Crippen LogP contribution in [0.1, 0.15) is 12.8 Å². The number of hydrogen-bond acceptors (Lipinski definition) is 2. The van der Waals surface area contributed by atoms with Crippen LogP contribution < -0.4 is 5.32 Å². The van der Waals surface area contributed by atoms with E-state index in [9.17, 15) is 4.79 Å². The average Bonchev–Trinajstić information content (AvgIpc) is 2.22. The van der Waals surface area contributed by atoms with Crippen LogP contribution in [0, 0.1) is 0 Å². The van der Waals surface area contributed by atoms with Crippen molar-refractivity contribution in [3.05, 3.63) is 28.7 Å². The van der Waals surface area contributed by atoms with Gasteiger partial charge in [-0.15, -0.1) is 0 Å². The van der Waals surface area contributed by atoms with Crippen molar-refractivity contribution in [1.82, 2.24) is 0 Å². The zero-order valence-electron chi connectivity index (χ0n) is 8.63. The van der Waals surface area contributed by atoms with E-state index in [0.29, 0.717) is 13.0 Å². The minimum absolute atomic E-state index is 0.0129. The smallest absolute Gasteiger partial charge is 0.224 e. The molecule has 1 aromatic carbocycles. The molecule has 82 valence electrons. The number of methoxy groups -OCH3 is 1.